The smallest absolute Gasteiger partial charge is 0.414 e. The molecule has 1 atom stereocenters. The second-order valence-corrected chi connectivity index (χ2v) is 8.50. The van der Waals surface area contributed by atoms with E-state index in [-0.39, 0.29) is 24.2 Å². The molecule has 8 nitrogen and oxygen atoms in total. The Morgan fingerprint density at radius 2 is 1.70 bits per heavy atom. The van der Waals surface area contributed by atoms with Crippen molar-refractivity contribution >= 4 is 23.4 Å². The molecule has 0 spiro atoms. The number of likely N-dealkylation sites (tertiary alicyclic amines) is 1. The number of carbonyl (C=O) groups is 2. The number of carbonyl (C=O) groups excluding carboxylic acids is 2. The van der Waals surface area contributed by atoms with Gasteiger partial charge in [0.2, 0.25) is 5.91 Å². The number of methoxy groups -OCH3 is 1. The average molecular weight is 454 g/mol. The molecule has 33 heavy (non-hydrogen) atoms. The number of benzene rings is 2. The number of hydrogen-bond donors (Lipinski definition) is 0. The highest BCUT2D eigenvalue weighted by atomic mass is 16.6. The summed E-state index contributed by atoms with van der Waals surface area (Å²) in [5.74, 6) is 1.57. The van der Waals surface area contributed by atoms with Gasteiger partial charge in [-0.2, -0.15) is 0 Å². The van der Waals surface area contributed by atoms with Crippen molar-refractivity contribution < 1.29 is 23.8 Å². The van der Waals surface area contributed by atoms with Crippen LogP contribution in [0.15, 0.2) is 48.5 Å². The normalized spacial score (nSPS) is 19.3. The van der Waals surface area contributed by atoms with Crippen LogP contribution < -0.4 is 19.3 Å². The number of cyclic esters (lactones) is 1. The molecule has 2 heterocycles. The summed E-state index contributed by atoms with van der Waals surface area (Å²) in [7, 11) is 3.38. The standard InChI is InChI=1S/C25H31N3O5/c1-18(29)26(2)19-4-10-22(11-5-19)32-23-12-14-27(15-13-23)16-24-17-28(25(30)33-24)20-6-8-21(31-3)9-7-20/h4-11,23-24H,12-17H2,1-3H3/t24-/m1/s1. The van der Waals surface area contributed by atoms with Crippen molar-refractivity contribution in [3.05, 3.63) is 48.5 Å². The summed E-state index contributed by atoms with van der Waals surface area (Å²) in [6.45, 7) is 4.60. The van der Waals surface area contributed by atoms with Crippen LogP contribution in [0.3, 0.4) is 0 Å². The van der Waals surface area contributed by atoms with Gasteiger partial charge in [-0.1, -0.05) is 0 Å². The third-order valence-electron chi connectivity index (χ3n) is 6.25. The Morgan fingerprint density at radius 1 is 1.06 bits per heavy atom. The Morgan fingerprint density at radius 3 is 2.30 bits per heavy atom. The van der Waals surface area contributed by atoms with E-state index < -0.39 is 0 Å². The molecule has 2 fully saturated rings. The topological polar surface area (TPSA) is 71.6 Å². The van der Waals surface area contributed by atoms with Crippen molar-refractivity contribution in [3.8, 4) is 11.5 Å². The molecule has 2 aliphatic rings. The Bertz CT molecular complexity index is 955. The zero-order valence-electron chi connectivity index (χ0n) is 19.4. The van der Waals surface area contributed by atoms with E-state index >= 15 is 0 Å². The first-order valence-corrected chi connectivity index (χ1v) is 11.3. The van der Waals surface area contributed by atoms with Crippen molar-refractivity contribution in [2.75, 3.05) is 50.1 Å². The lowest BCUT2D eigenvalue weighted by Crippen LogP contribution is -2.42. The minimum atomic E-state index is -0.303. The first-order valence-electron chi connectivity index (χ1n) is 11.3. The first kappa shape index (κ1) is 22.9. The van der Waals surface area contributed by atoms with E-state index in [2.05, 4.69) is 4.90 Å². The lowest BCUT2D eigenvalue weighted by atomic mass is 10.1. The van der Waals surface area contributed by atoms with Crippen LogP contribution in [0.1, 0.15) is 19.8 Å². The van der Waals surface area contributed by atoms with Crippen LogP contribution in [0.25, 0.3) is 0 Å². The summed E-state index contributed by atoms with van der Waals surface area (Å²) >= 11 is 0. The number of anilines is 2. The molecule has 0 N–H and O–H groups in total. The lowest BCUT2D eigenvalue weighted by molar-refractivity contribution is -0.116. The lowest BCUT2D eigenvalue weighted by Gasteiger charge is -2.33. The van der Waals surface area contributed by atoms with E-state index in [9.17, 15) is 9.59 Å². The zero-order chi connectivity index (χ0) is 23.4. The highest BCUT2D eigenvalue weighted by Gasteiger charge is 2.34. The summed E-state index contributed by atoms with van der Waals surface area (Å²) in [5, 5.41) is 0. The van der Waals surface area contributed by atoms with Gasteiger partial charge in [-0.15, -0.1) is 0 Å². The Kier molecular flexibility index (Phi) is 7.03. The summed E-state index contributed by atoms with van der Waals surface area (Å²) < 4.78 is 16.9. The van der Waals surface area contributed by atoms with Crippen molar-refractivity contribution in [2.45, 2.75) is 32.0 Å². The van der Waals surface area contributed by atoms with Crippen molar-refractivity contribution in [2.24, 2.45) is 0 Å². The Labute approximate surface area is 194 Å². The predicted octanol–water partition coefficient (Wildman–Crippen LogP) is 3.55. The molecule has 0 saturated carbocycles. The van der Waals surface area contributed by atoms with Gasteiger partial charge in [0.1, 0.15) is 23.7 Å². The van der Waals surface area contributed by atoms with Gasteiger partial charge in [0.25, 0.3) is 0 Å². The molecule has 0 radical (unpaired) electrons. The van der Waals surface area contributed by atoms with Crippen LogP contribution in [0, 0.1) is 0 Å². The van der Waals surface area contributed by atoms with Crippen LogP contribution in [0.2, 0.25) is 0 Å². The Balaban J connectivity index is 1.23. The van der Waals surface area contributed by atoms with Crippen LogP contribution in [0.4, 0.5) is 16.2 Å². The van der Waals surface area contributed by atoms with E-state index in [4.69, 9.17) is 14.2 Å². The number of nitrogens with zero attached hydrogens (tertiary/aromatic N) is 3. The van der Waals surface area contributed by atoms with Crippen molar-refractivity contribution in [1.29, 1.82) is 0 Å². The second-order valence-electron chi connectivity index (χ2n) is 8.50. The average Bonchev–Trinajstić information content (AvgIpc) is 3.20. The largest absolute Gasteiger partial charge is 0.497 e. The molecule has 0 aliphatic carbocycles. The molecule has 2 aromatic rings. The van der Waals surface area contributed by atoms with E-state index in [1.54, 1.807) is 30.9 Å². The van der Waals surface area contributed by atoms with E-state index in [0.717, 1.165) is 55.3 Å². The van der Waals surface area contributed by atoms with Gasteiger partial charge in [-0.3, -0.25) is 14.6 Å². The molecular formula is C25H31N3O5. The van der Waals surface area contributed by atoms with Crippen LogP contribution in [-0.2, 0) is 9.53 Å². The third-order valence-corrected chi connectivity index (χ3v) is 6.25. The van der Waals surface area contributed by atoms with E-state index in [1.807, 2.05) is 48.5 Å². The summed E-state index contributed by atoms with van der Waals surface area (Å²) in [6.07, 6.45) is 1.53. The third kappa shape index (κ3) is 5.57. The minimum Gasteiger partial charge on any atom is -0.497 e. The quantitative estimate of drug-likeness (QED) is 0.639. The number of ether oxygens (including phenoxy) is 3. The maximum absolute atomic E-state index is 12.4. The van der Waals surface area contributed by atoms with Gasteiger partial charge in [-0.25, -0.2) is 4.79 Å². The number of hydrogen-bond acceptors (Lipinski definition) is 6. The zero-order valence-corrected chi connectivity index (χ0v) is 19.4. The molecule has 0 aromatic heterocycles. The molecule has 2 aliphatic heterocycles. The first-order chi connectivity index (χ1) is 15.9. The van der Waals surface area contributed by atoms with Crippen molar-refractivity contribution in [1.82, 2.24) is 4.90 Å². The van der Waals surface area contributed by atoms with Crippen LogP contribution in [0.5, 0.6) is 11.5 Å². The van der Waals surface area contributed by atoms with Gasteiger partial charge >= 0.3 is 6.09 Å². The van der Waals surface area contributed by atoms with E-state index in [0.29, 0.717) is 6.54 Å². The molecule has 2 aromatic carbocycles. The monoisotopic (exact) mass is 453 g/mol. The highest BCUT2D eigenvalue weighted by Crippen LogP contribution is 2.26. The van der Waals surface area contributed by atoms with Crippen molar-refractivity contribution in [3.63, 3.8) is 0 Å². The number of piperidine rings is 1. The number of rotatable bonds is 7. The van der Waals surface area contributed by atoms with Crippen LogP contribution >= 0.6 is 0 Å². The summed E-state index contributed by atoms with van der Waals surface area (Å²) in [4.78, 5) is 29.5. The molecule has 2 amide bonds. The van der Waals surface area contributed by atoms with Gasteiger partial charge in [-0.05, 0) is 61.4 Å². The minimum absolute atomic E-state index is 0.00361. The fraction of sp³-hybridized carbons (Fsp3) is 0.440. The second kappa shape index (κ2) is 10.1. The number of amides is 2. The van der Waals surface area contributed by atoms with Gasteiger partial charge < -0.3 is 19.1 Å². The fourth-order valence-corrected chi connectivity index (χ4v) is 4.21. The maximum Gasteiger partial charge on any atom is 0.414 e. The molecule has 4 rings (SSSR count). The summed E-state index contributed by atoms with van der Waals surface area (Å²) in [5.41, 5.74) is 1.66. The molecule has 0 bridgehead atoms. The maximum atomic E-state index is 12.4. The van der Waals surface area contributed by atoms with Gasteiger partial charge in [0.05, 0.1) is 13.7 Å². The van der Waals surface area contributed by atoms with Gasteiger partial charge in [0, 0.05) is 45.0 Å². The predicted molar refractivity (Wildman–Crippen MR) is 126 cm³/mol. The fourth-order valence-electron chi connectivity index (χ4n) is 4.21. The van der Waals surface area contributed by atoms with E-state index in [1.165, 1.54) is 0 Å². The SMILES string of the molecule is COc1ccc(N2C[C@@H](CN3CCC(Oc4ccc(N(C)C(C)=O)cc4)CC3)OC2=O)cc1. The molecule has 2 saturated heterocycles. The van der Waals surface area contributed by atoms with Crippen LogP contribution in [-0.4, -0.2) is 69.4 Å². The molecule has 0 unspecified atom stereocenters. The molecular weight excluding hydrogens is 422 g/mol. The molecule has 8 heteroatoms. The molecule has 176 valence electrons. The summed E-state index contributed by atoms with van der Waals surface area (Å²) in [6, 6.07) is 15.0. The highest BCUT2D eigenvalue weighted by molar-refractivity contribution is 5.91. The van der Waals surface area contributed by atoms with Gasteiger partial charge in [0.15, 0.2) is 0 Å². The Hall–Kier alpha value is -3.26.